The highest BCUT2D eigenvalue weighted by Crippen LogP contribution is 2.17. The lowest BCUT2D eigenvalue weighted by Crippen LogP contribution is -2.25. The molecule has 0 aliphatic heterocycles. The molecule has 25 heavy (non-hydrogen) atoms. The molecule has 0 unspecified atom stereocenters. The Balaban J connectivity index is 1.44. The first-order valence-corrected chi connectivity index (χ1v) is 9.23. The number of hydrogen-bond donors (Lipinski definition) is 1. The van der Waals surface area contributed by atoms with Crippen molar-refractivity contribution < 1.29 is 4.79 Å². The average Bonchev–Trinajstić information content (AvgIpc) is 3.14. The van der Waals surface area contributed by atoms with Crippen LogP contribution in [0.1, 0.15) is 21.5 Å². The van der Waals surface area contributed by atoms with Crippen molar-refractivity contribution in [3.8, 4) is 0 Å². The summed E-state index contributed by atoms with van der Waals surface area (Å²) in [6.45, 7) is 3.43. The molecule has 0 fully saturated rings. The van der Waals surface area contributed by atoms with Crippen LogP contribution in [0.2, 0.25) is 0 Å². The summed E-state index contributed by atoms with van der Waals surface area (Å²) >= 11 is 1.75. The Hall–Kier alpha value is -2.53. The first kappa shape index (κ1) is 17.3. The molecule has 128 valence electrons. The highest BCUT2D eigenvalue weighted by molar-refractivity contribution is 7.99. The first-order valence-electron chi connectivity index (χ1n) is 8.25. The van der Waals surface area contributed by atoms with Crippen molar-refractivity contribution in [2.75, 3.05) is 12.3 Å². The fourth-order valence-electron chi connectivity index (χ4n) is 2.41. The first-order chi connectivity index (χ1) is 12.2. The number of hydrogen-bond acceptors (Lipinski definition) is 3. The molecular formula is C20H21N3OS. The molecule has 0 aliphatic carbocycles. The summed E-state index contributed by atoms with van der Waals surface area (Å²) < 4.78 is 1.86. The number of aromatic nitrogens is 2. The Labute approximate surface area is 152 Å². The van der Waals surface area contributed by atoms with E-state index in [2.05, 4.69) is 41.6 Å². The topological polar surface area (TPSA) is 46.9 Å². The summed E-state index contributed by atoms with van der Waals surface area (Å²) in [7, 11) is 0. The van der Waals surface area contributed by atoms with Crippen molar-refractivity contribution in [2.24, 2.45) is 0 Å². The molecule has 1 aromatic heterocycles. The molecule has 0 saturated heterocycles. The summed E-state index contributed by atoms with van der Waals surface area (Å²) in [5.74, 6) is 0.821. The number of thioether (sulfide) groups is 1. The highest BCUT2D eigenvalue weighted by atomic mass is 32.2. The Morgan fingerprint density at radius 3 is 2.56 bits per heavy atom. The van der Waals surface area contributed by atoms with E-state index in [0.29, 0.717) is 18.7 Å². The number of aryl methyl sites for hydroxylation is 1. The van der Waals surface area contributed by atoms with Crippen molar-refractivity contribution in [1.29, 1.82) is 0 Å². The molecule has 0 atom stereocenters. The number of rotatable bonds is 7. The van der Waals surface area contributed by atoms with Crippen LogP contribution < -0.4 is 5.32 Å². The summed E-state index contributed by atoms with van der Waals surface area (Å²) in [5.41, 5.74) is 3.06. The molecule has 4 nitrogen and oxygen atoms in total. The van der Waals surface area contributed by atoms with Crippen molar-refractivity contribution in [1.82, 2.24) is 15.1 Å². The molecule has 1 amide bonds. The molecule has 0 saturated carbocycles. The van der Waals surface area contributed by atoms with Crippen molar-refractivity contribution in [3.05, 3.63) is 83.7 Å². The Morgan fingerprint density at radius 2 is 1.88 bits per heavy atom. The largest absolute Gasteiger partial charge is 0.351 e. The Bertz CT molecular complexity index is 796. The molecular weight excluding hydrogens is 330 g/mol. The summed E-state index contributed by atoms with van der Waals surface area (Å²) in [5, 5.41) is 7.15. The lowest BCUT2D eigenvalue weighted by Gasteiger charge is -2.07. The number of carbonyl (C=O) groups excluding carboxylic acids is 1. The third kappa shape index (κ3) is 5.22. The summed E-state index contributed by atoms with van der Waals surface area (Å²) in [6, 6.07) is 18.0. The predicted molar refractivity (Wildman–Crippen MR) is 102 cm³/mol. The van der Waals surface area contributed by atoms with Crippen LogP contribution in [0.4, 0.5) is 0 Å². The minimum atomic E-state index is -0.0323. The third-order valence-electron chi connectivity index (χ3n) is 3.80. The highest BCUT2D eigenvalue weighted by Gasteiger charge is 2.05. The van der Waals surface area contributed by atoms with Crippen molar-refractivity contribution in [2.45, 2.75) is 18.4 Å². The maximum atomic E-state index is 12.2. The van der Waals surface area contributed by atoms with Gasteiger partial charge in [-0.2, -0.15) is 5.10 Å². The average molecular weight is 351 g/mol. The molecule has 5 heteroatoms. The quantitative estimate of drug-likeness (QED) is 0.521. The van der Waals surface area contributed by atoms with Crippen LogP contribution in [-0.4, -0.2) is 28.0 Å². The number of nitrogens with one attached hydrogen (secondary N) is 1. The van der Waals surface area contributed by atoms with Gasteiger partial charge in [-0.15, -0.1) is 11.8 Å². The number of benzene rings is 2. The molecule has 0 aliphatic rings. The van der Waals surface area contributed by atoms with Gasteiger partial charge >= 0.3 is 0 Å². The summed E-state index contributed by atoms with van der Waals surface area (Å²) in [6.07, 6.45) is 3.68. The van der Waals surface area contributed by atoms with Crippen molar-refractivity contribution in [3.63, 3.8) is 0 Å². The molecule has 0 spiro atoms. The zero-order valence-corrected chi connectivity index (χ0v) is 15.0. The van der Waals surface area contributed by atoms with E-state index in [0.717, 1.165) is 11.3 Å². The van der Waals surface area contributed by atoms with Crippen LogP contribution in [0.5, 0.6) is 0 Å². The Kier molecular flexibility index (Phi) is 5.90. The number of carbonyl (C=O) groups is 1. The van der Waals surface area contributed by atoms with E-state index in [1.54, 1.807) is 18.0 Å². The van der Waals surface area contributed by atoms with Gasteiger partial charge < -0.3 is 5.32 Å². The summed E-state index contributed by atoms with van der Waals surface area (Å²) in [4.78, 5) is 13.4. The van der Waals surface area contributed by atoms with Gasteiger partial charge in [0, 0.05) is 35.2 Å². The maximum Gasteiger partial charge on any atom is 0.251 e. The van der Waals surface area contributed by atoms with Gasteiger partial charge in [0.15, 0.2) is 0 Å². The van der Waals surface area contributed by atoms with Gasteiger partial charge in [0.1, 0.15) is 0 Å². The van der Waals surface area contributed by atoms with E-state index in [9.17, 15) is 4.79 Å². The normalized spacial score (nSPS) is 10.6. The van der Waals surface area contributed by atoms with Crippen LogP contribution in [-0.2, 0) is 6.54 Å². The number of nitrogens with zero attached hydrogens (tertiary/aromatic N) is 2. The lowest BCUT2D eigenvalue weighted by atomic mass is 10.1. The molecule has 3 aromatic rings. The van der Waals surface area contributed by atoms with Gasteiger partial charge in [-0.25, -0.2) is 0 Å². The maximum absolute atomic E-state index is 12.2. The van der Waals surface area contributed by atoms with E-state index in [1.807, 2.05) is 41.2 Å². The Morgan fingerprint density at radius 1 is 1.12 bits per heavy atom. The van der Waals surface area contributed by atoms with Gasteiger partial charge in [-0.1, -0.05) is 29.8 Å². The van der Waals surface area contributed by atoms with Gasteiger partial charge in [0.25, 0.3) is 5.91 Å². The lowest BCUT2D eigenvalue weighted by molar-refractivity contribution is 0.0956. The van der Waals surface area contributed by atoms with E-state index < -0.39 is 0 Å². The second-order valence-electron chi connectivity index (χ2n) is 5.82. The minimum absolute atomic E-state index is 0.0323. The monoisotopic (exact) mass is 351 g/mol. The second kappa shape index (κ2) is 8.53. The second-order valence-corrected chi connectivity index (χ2v) is 6.99. The molecule has 0 radical (unpaired) electrons. The molecule has 1 heterocycles. The van der Waals surface area contributed by atoms with E-state index >= 15 is 0 Å². The van der Waals surface area contributed by atoms with Crippen LogP contribution in [0.15, 0.2) is 71.9 Å². The SMILES string of the molecule is Cc1ccc(SCCNC(=O)c2ccc(Cn3cccn3)cc2)cc1. The zero-order valence-electron chi connectivity index (χ0n) is 14.2. The molecule has 0 bridgehead atoms. The molecule has 1 N–H and O–H groups in total. The molecule has 3 rings (SSSR count). The van der Waals surface area contributed by atoms with Crippen molar-refractivity contribution >= 4 is 17.7 Å². The van der Waals surface area contributed by atoms with Gasteiger partial charge in [-0.3, -0.25) is 9.48 Å². The van der Waals surface area contributed by atoms with Gasteiger partial charge in [0.05, 0.1) is 6.54 Å². The van der Waals surface area contributed by atoms with Gasteiger partial charge in [0.2, 0.25) is 0 Å². The van der Waals surface area contributed by atoms with Crippen LogP contribution >= 0.6 is 11.8 Å². The number of amides is 1. The third-order valence-corrected chi connectivity index (χ3v) is 4.81. The minimum Gasteiger partial charge on any atom is -0.351 e. The van der Waals surface area contributed by atoms with Crippen LogP contribution in [0, 0.1) is 6.92 Å². The van der Waals surface area contributed by atoms with Crippen LogP contribution in [0.3, 0.4) is 0 Å². The van der Waals surface area contributed by atoms with E-state index in [4.69, 9.17) is 0 Å². The smallest absolute Gasteiger partial charge is 0.251 e. The van der Waals surface area contributed by atoms with Crippen LogP contribution in [0.25, 0.3) is 0 Å². The molecule has 2 aromatic carbocycles. The van der Waals surface area contributed by atoms with E-state index in [-0.39, 0.29) is 5.91 Å². The fourth-order valence-corrected chi connectivity index (χ4v) is 3.18. The van der Waals surface area contributed by atoms with Gasteiger partial charge in [-0.05, 0) is 42.8 Å². The fraction of sp³-hybridized carbons (Fsp3) is 0.200. The zero-order chi connectivity index (χ0) is 17.5. The standard InChI is InChI=1S/C20H21N3OS/c1-16-3-9-19(10-4-16)25-14-12-21-20(24)18-7-5-17(6-8-18)15-23-13-2-11-22-23/h2-11,13H,12,14-15H2,1H3,(H,21,24). The predicted octanol–water partition coefficient (Wildman–Crippen LogP) is 3.76. The van der Waals surface area contributed by atoms with E-state index in [1.165, 1.54) is 10.5 Å².